The molecule has 6 heteroatoms. The zero-order valence-electron chi connectivity index (χ0n) is 12.1. The molecule has 0 fully saturated rings. The van der Waals surface area contributed by atoms with E-state index in [4.69, 9.17) is 9.47 Å². The Morgan fingerprint density at radius 1 is 1.14 bits per heavy atom. The molecule has 6 nitrogen and oxygen atoms in total. The molecule has 2 amide bonds. The first-order valence-electron chi connectivity index (χ1n) is 7.05. The average molecular weight is 292 g/mol. The summed E-state index contributed by atoms with van der Waals surface area (Å²) >= 11 is 0. The number of hydrogen-bond donors (Lipinski definition) is 2. The normalized spacial score (nSPS) is 12.0. The van der Waals surface area contributed by atoms with E-state index in [1.165, 1.54) is 6.92 Å². The maximum absolute atomic E-state index is 11.7. The number of benzene rings is 1. The van der Waals surface area contributed by atoms with Gasteiger partial charge in [0.1, 0.15) is 0 Å². The van der Waals surface area contributed by atoms with Crippen LogP contribution < -0.4 is 20.1 Å². The Morgan fingerprint density at radius 2 is 1.90 bits per heavy atom. The first-order valence-corrected chi connectivity index (χ1v) is 7.05. The van der Waals surface area contributed by atoms with E-state index in [1.807, 2.05) is 18.2 Å². The fourth-order valence-electron chi connectivity index (χ4n) is 2.02. The summed E-state index contributed by atoms with van der Waals surface area (Å²) in [4.78, 5) is 22.4. The van der Waals surface area contributed by atoms with E-state index in [2.05, 4.69) is 10.6 Å². The van der Waals surface area contributed by atoms with Crippen LogP contribution in [0, 0.1) is 0 Å². The molecular formula is C15H20N2O4. The molecule has 2 N–H and O–H groups in total. The standard InChI is InChI=1S/C15H20N2O4/c1-11(18)16-7-2-8-17-15(19)6-4-12-3-5-13-14(9-12)21-10-20-13/h3,5,9H,2,4,6-8,10H2,1H3,(H,16,18)(H,17,19). The Morgan fingerprint density at radius 3 is 2.71 bits per heavy atom. The number of nitrogens with one attached hydrogen (secondary N) is 2. The second-order valence-corrected chi connectivity index (χ2v) is 4.87. The summed E-state index contributed by atoms with van der Waals surface area (Å²) in [7, 11) is 0. The topological polar surface area (TPSA) is 76.7 Å². The molecule has 21 heavy (non-hydrogen) atoms. The molecule has 0 unspecified atom stereocenters. The monoisotopic (exact) mass is 292 g/mol. The smallest absolute Gasteiger partial charge is 0.231 e. The first-order chi connectivity index (χ1) is 10.1. The highest BCUT2D eigenvalue weighted by Gasteiger charge is 2.13. The number of carbonyl (C=O) groups is 2. The number of rotatable bonds is 7. The van der Waals surface area contributed by atoms with Gasteiger partial charge in [-0.05, 0) is 30.5 Å². The molecule has 1 aromatic rings. The first kappa shape index (κ1) is 15.2. The van der Waals surface area contributed by atoms with Gasteiger partial charge < -0.3 is 20.1 Å². The lowest BCUT2D eigenvalue weighted by molar-refractivity contribution is -0.121. The van der Waals surface area contributed by atoms with Crippen LogP contribution in [-0.4, -0.2) is 31.7 Å². The number of amides is 2. The largest absolute Gasteiger partial charge is 0.454 e. The summed E-state index contributed by atoms with van der Waals surface area (Å²) in [6.45, 7) is 2.88. The number of aryl methyl sites for hydroxylation is 1. The fourth-order valence-corrected chi connectivity index (χ4v) is 2.02. The van der Waals surface area contributed by atoms with Crippen molar-refractivity contribution in [2.75, 3.05) is 19.9 Å². The van der Waals surface area contributed by atoms with Gasteiger partial charge in [0.2, 0.25) is 18.6 Å². The Hall–Kier alpha value is -2.24. The van der Waals surface area contributed by atoms with Crippen LogP contribution >= 0.6 is 0 Å². The summed E-state index contributed by atoms with van der Waals surface area (Å²) in [6.07, 6.45) is 1.82. The highest BCUT2D eigenvalue weighted by Crippen LogP contribution is 2.32. The van der Waals surface area contributed by atoms with Gasteiger partial charge in [-0.15, -0.1) is 0 Å². The molecule has 0 saturated heterocycles. The molecule has 0 bridgehead atoms. The Kier molecular flexibility index (Phi) is 5.43. The van der Waals surface area contributed by atoms with Crippen LogP contribution in [0.2, 0.25) is 0 Å². The molecule has 0 spiro atoms. The lowest BCUT2D eigenvalue weighted by atomic mass is 10.1. The highest BCUT2D eigenvalue weighted by atomic mass is 16.7. The molecule has 0 saturated carbocycles. The van der Waals surface area contributed by atoms with Crippen molar-refractivity contribution in [3.63, 3.8) is 0 Å². The van der Waals surface area contributed by atoms with Crippen molar-refractivity contribution in [1.29, 1.82) is 0 Å². The minimum absolute atomic E-state index is 0.00971. The molecule has 114 valence electrons. The van der Waals surface area contributed by atoms with Gasteiger partial charge in [0.25, 0.3) is 0 Å². The van der Waals surface area contributed by atoms with Crippen molar-refractivity contribution in [3.05, 3.63) is 23.8 Å². The van der Waals surface area contributed by atoms with Gasteiger partial charge in [-0.25, -0.2) is 0 Å². The molecule has 0 atom stereocenters. The predicted molar refractivity (Wildman–Crippen MR) is 77.2 cm³/mol. The summed E-state index contributed by atoms with van der Waals surface area (Å²) in [5, 5.41) is 5.52. The van der Waals surface area contributed by atoms with Crippen LogP contribution in [-0.2, 0) is 16.0 Å². The summed E-state index contributed by atoms with van der Waals surface area (Å²) in [5.74, 6) is 1.45. The molecule has 1 aromatic carbocycles. The molecule has 1 aliphatic rings. The minimum Gasteiger partial charge on any atom is -0.454 e. The van der Waals surface area contributed by atoms with Crippen LogP contribution in [0.5, 0.6) is 11.5 Å². The predicted octanol–water partition coefficient (Wildman–Crippen LogP) is 0.990. The molecular weight excluding hydrogens is 272 g/mol. The van der Waals surface area contributed by atoms with Crippen molar-refractivity contribution in [2.24, 2.45) is 0 Å². The Bertz CT molecular complexity index is 516. The lowest BCUT2D eigenvalue weighted by Crippen LogP contribution is -2.28. The van der Waals surface area contributed by atoms with E-state index < -0.39 is 0 Å². The van der Waals surface area contributed by atoms with Crippen molar-refractivity contribution in [3.8, 4) is 11.5 Å². The second-order valence-electron chi connectivity index (χ2n) is 4.87. The highest BCUT2D eigenvalue weighted by molar-refractivity contribution is 5.76. The average Bonchev–Trinajstić information content (AvgIpc) is 2.92. The van der Waals surface area contributed by atoms with Crippen molar-refractivity contribution in [2.45, 2.75) is 26.2 Å². The zero-order chi connectivity index (χ0) is 15.1. The number of fused-ring (bicyclic) bond motifs is 1. The van der Waals surface area contributed by atoms with Crippen LogP contribution in [0.25, 0.3) is 0 Å². The van der Waals surface area contributed by atoms with E-state index in [0.717, 1.165) is 23.5 Å². The van der Waals surface area contributed by atoms with E-state index >= 15 is 0 Å². The molecule has 0 aliphatic carbocycles. The fraction of sp³-hybridized carbons (Fsp3) is 0.467. The maximum atomic E-state index is 11.7. The lowest BCUT2D eigenvalue weighted by Gasteiger charge is -2.06. The maximum Gasteiger partial charge on any atom is 0.231 e. The van der Waals surface area contributed by atoms with Gasteiger partial charge in [0.05, 0.1) is 0 Å². The van der Waals surface area contributed by atoms with Crippen molar-refractivity contribution >= 4 is 11.8 Å². The third-order valence-electron chi connectivity index (χ3n) is 3.13. The van der Waals surface area contributed by atoms with Gasteiger partial charge in [-0.3, -0.25) is 9.59 Å². The van der Waals surface area contributed by atoms with Crippen LogP contribution in [0.15, 0.2) is 18.2 Å². The Labute approximate surface area is 123 Å². The molecule has 0 aromatic heterocycles. The SMILES string of the molecule is CC(=O)NCCCNC(=O)CCc1ccc2c(c1)OCO2. The van der Waals surface area contributed by atoms with Gasteiger partial charge in [-0.1, -0.05) is 6.07 Å². The molecule has 2 rings (SSSR count). The number of ether oxygens (including phenoxy) is 2. The van der Waals surface area contributed by atoms with E-state index in [1.54, 1.807) is 0 Å². The van der Waals surface area contributed by atoms with Crippen molar-refractivity contribution in [1.82, 2.24) is 10.6 Å². The quantitative estimate of drug-likeness (QED) is 0.735. The molecule has 1 aliphatic heterocycles. The summed E-state index contributed by atoms with van der Waals surface area (Å²) in [5.41, 5.74) is 1.05. The van der Waals surface area contributed by atoms with Crippen molar-refractivity contribution < 1.29 is 19.1 Å². The third-order valence-corrected chi connectivity index (χ3v) is 3.13. The van der Waals surface area contributed by atoms with Gasteiger partial charge >= 0.3 is 0 Å². The zero-order valence-corrected chi connectivity index (χ0v) is 12.1. The van der Waals surface area contributed by atoms with Gasteiger partial charge in [0.15, 0.2) is 11.5 Å². The number of carbonyl (C=O) groups excluding carboxylic acids is 2. The van der Waals surface area contributed by atoms with Gasteiger partial charge in [0, 0.05) is 26.4 Å². The summed E-state index contributed by atoms with van der Waals surface area (Å²) < 4.78 is 10.5. The van der Waals surface area contributed by atoms with Crippen LogP contribution in [0.1, 0.15) is 25.3 Å². The molecule has 1 heterocycles. The van der Waals surface area contributed by atoms with Gasteiger partial charge in [-0.2, -0.15) is 0 Å². The molecule has 0 radical (unpaired) electrons. The Balaban J connectivity index is 1.63. The number of hydrogen-bond acceptors (Lipinski definition) is 4. The van der Waals surface area contributed by atoms with E-state index in [-0.39, 0.29) is 18.6 Å². The van der Waals surface area contributed by atoms with E-state index in [9.17, 15) is 9.59 Å². The van der Waals surface area contributed by atoms with E-state index in [0.29, 0.717) is 25.9 Å². The summed E-state index contributed by atoms with van der Waals surface area (Å²) in [6, 6.07) is 5.72. The second kappa shape index (κ2) is 7.52. The van der Waals surface area contributed by atoms with Crippen LogP contribution in [0.3, 0.4) is 0 Å². The van der Waals surface area contributed by atoms with Crippen LogP contribution in [0.4, 0.5) is 0 Å². The minimum atomic E-state index is -0.0517. The third kappa shape index (κ3) is 4.98.